The number of imidazole rings is 1. The molecule has 0 atom stereocenters. The Morgan fingerprint density at radius 3 is 2.52 bits per heavy atom. The van der Waals surface area contributed by atoms with Crippen LogP contribution in [0.2, 0.25) is 0 Å². The van der Waals surface area contributed by atoms with E-state index < -0.39 is 11.9 Å². The van der Waals surface area contributed by atoms with E-state index in [1.807, 2.05) is 6.92 Å². The molecule has 0 aliphatic carbocycles. The predicted molar refractivity (Wildman–Crippen MR) is 92.5 cm³/mol. The van der Waals surface area contributed by atoms with E-state index in [4.69, 9.17) is 0 Å². The summed E-state index contributed by atoms with van der Waals surface area (Å²) < 4.78 is 40.4. The minimum absolute atomic E-state index is 0.258. The number of hydrogen-bond donors (Lipinski definition) is 0. The van der Waals surface area contributed by atoms with Gasteiger partial charge in [-0.25, -0.2) is 9.97 Å². The topological polar surface area (TPSA) is 43.6 Å². The molecule has 3 heterocycles. The van der Waals surface area contributed by atoms with Gasteiger partial charge in [0.25, 0.3) is 0 Å². The average molecular weight is 366 g/mol. The van der Waals surface area contributed by atoms with Crippen LogP contribution in [0.15, 0.2) is 29.4 Å². The third kappa shape index (κ3) is 3.35. The fourth-order valence-corrected chi connectivity index (χ4v) is 3.39. The van der Waals surface area contributed by atoms with Crippen molar-refractivity contribution in [1.29, 1.82) is 0 Å². The molecule has 0 N–H and O–H groups in total. The van der Waals surface area contributed by atoms with E-state index in [1.54, 1.807) is 29.6 Å². The number of nitrogens with zero attached hydrogens (tertiary/aromatic N) is 4. The number of halogens is 3. The normalized spacial score (nSPS) is 12.1. The Balaban J connectivity index is 2.17. The zero-order valence-electron chi connectivity index (χ0n) is 14.1. The summed E-state index contributed by atoms with van der Waals surface area (Å²) in [6, 6.07) is 3.04. The lowest BCUT2D eigenvalue weighted by Crippen LogP contribution is -2.07. The molecule has 8 heteroatoms. The van der Waals surface area contributed by atoms with Gasteiger partial charge >= 0.3 is 6.18 Å². The van der Waals surface area contributed by atoms with Crippen LogP contribution in [0.5, 0.6) is 0 Å². The quantitative estimate of drug-likeness (QED) is 0.627. The molecule has 0 fully saturated rings. The minimum atomic E-state index is -4.49. The summed E-state index contributed by atoms with van der Waals surface area (Å²) in [5.41, 5.74) is 1.64. The van der Waals surface area contributed by atoms with Gasteiger partial charge < -0.3 is 4.57 Å². The lowest BCUT2D eigenvalue weighted by atomic mass is 10.2. The maximum Gasteiger partial charge on any atom is 0.433 e. The van der Waals surface area contributed by atoms with E-state index in [0.29, 0.717) is 17.0 Å². The molecule has 0 aromatic carbocycles. The summed E-state index contributed by atoms with van der Waals surface area (Å²) in [5, 5.41) is 0. The van der Waals surface area contributed by atoms with Gasteiger partial charge in [0.15, 0.2) is 5.82 Å². The summed E-state index contributed by atoms with van der Waals surface area (Å²) in [4.78, 5) is 13.4. The van der Waals surface area contributed by atoms with Gasteiger partial charge in [-0.1, -0.05) is 13.8 Å². The Morgan fingerprint density at radius 1 is 1.12 bits per heavy atom. The highest BCUT2D eigenvalue weighted by molar-refractivity contribution is 7.99. The fourth-order valence-electron chi connectivity index (χ4n) is 2.57. The maximum atomic E-state index is 12.9. The Bertz CT molecular complexity index is 918. The molecule has 132 valence electrons. The van der Waals surface area contributed by atoms with Gasteiger partial charge in [-0.3, -0.25) is 4.98 Å². The van der Waals surface area contributed by atoms with E-state index in [-0.39, 0.29) is 5.52 Å². The fraction of sp³-hybridized carbons (Fsp3) is 0.353. The molecule has 0 spiro atoms. The molecule has 0 unspecified atom stereocenters. The van der Waals surface area contributed by atoms with Gasteiger partial charge in [-0.15, -0.1) is 11.8 Å². The van der Waals surface area contributed by atoms with Crippen LogP contribution in [0.3, 0.4) is 0 Å². The lowest BCUT2D eigenvalue weighted by Gasteiger charge is -2.09. The average Bonchev–Trinajstić information content (AvgIpc) is 2.90. The number of aromatic nitrogens is 4. The van der Waals surface area contributed by atoms with Crippen LogP contribution in [-0.4, -0.2) is 25.3 Å². The van der Waals surface area contributed by atoms with Gasteiger partial charge in [-0.2, -0.15) is 13.2 Å². The maximum absolute atomic E-state index is 12.9. The molecule has 0 aliphatic heterocycles. The first-order valence-corrected chi connectivity index (χ1v) is 8.85. The molecule has 25 heavy (non-hydrogen) atoms. The summed E-state index contributed by atoms with van der Waals surface area (Å²) in [7, 11) is 1.76. The van der Waals surface area contributed by atoms with Crippen molar-refractivity contribution >= 4 is 22.8 Å². The summed E-state index contributed by atoms with van der Waals surface area (Å²) in [5.74, 6) is 1.40. The molecule has 0 bridgehead atoms. The molecule has 0 saturated heterocycles. The molecule has 4 nitrogen and oxygen atoms in total. The van der Waals surface area contributed by atoms with Crippen LogP contribution in [0, 0.1) is 0 Å². The Labute approximate surface area is 147 Å². The Morgan fingerprint density at radius 2 is 1.88 bits per heavy atom. The minimum Gasteiger partial charge on any atom is -0.325 e. The molecule has 3 aromatic rings. The highest BCUT2D eigenvalue weighted by Crippen LogP contribution is 2.33. The number of thioether (sulfide) groups is 1. The highest BCUT2D eigenvalue weighted by atomic mass is 32.2. The van der Waals surface area contributed by atoms with Gasteiger partial charge in [0, 0.05) is 18.1 Å². The number of rotatable bonds is 4. The number of hydrogen-bond acceptors (Lipinski definition) is 4. The largest absolute Gasteiger partial charge is 0.433 e. The van der Waals surface area contributed by atoms with E-state index in [1.165, 1.54) is 6.20 Å². The smallest absolute Gasteiger partial charge is 0.325 e. The van der Waals surface area contributed by atoms with Crippen molar-refractivity contribution in [3.8, 4) is 11.5 Å². The van der Waals surface area contributed by atoms with E-state index in [9.17, 15) is 13.2 Å². The van der Waals surface area contributed by atoms with Crippen LogP contribution >= 0.6 is 11.8 Å². The molecule has 0 amide bonds. The first kappa shape index (κ1) is 17.7. The van der Waals surface area contributed by atoms with Gasteiger partial charge in [0.2, 0.25) is 0 Å². The summed E-state index contributed by atoms with van der Waals surface area (Å²) in [6.45, 7) is 4.10. The predicted octanol–water partition coefficient (Wildman–Crippen LogP) is 4.72. The number of fused-ring (bicyclic) bond motifs is 1. The summed E-state index contributed by atoms with van der Waals surface area (Å²) in [6.07, 6.45) is -0.627. The van der Waals surface area contributed by atoms with E-state index >= 15 is 0 Å². The molecule has 3 aromatic heterocycles. The van der Waals surface area contributed by atoms with Gasteiger partial charge in [-0.05, 0) is 29.9 Å². The SMILES string of the molecule is CCSc1cc(CC)cnc1-c1nc2cc(C(F)(F)F)ncc2n1C. The second-order valence-electron chi connectivity index (χ2n) is 5.53. The lowest BCUT2D eigenvalue weighted by molar-refractivity contribution is -0.141. The van der Waals surface area contributed by atoms with Crippen molar-refractivity contribution in [1.82, 2.24) is 19.5 Å². The van der Waals surface area contributed by atoms with E-state index in [0.717, 1.165) is 28.7 Å². The first-order chi connectivity index (χ1) is 11.8. The van der Waals surface area contributed by atoms with Crippen molar-refractivity contribution in [3.05, 3.63) is 35.8 Å². The monoisotopic (exact) mass is 366 g/mol. The van der Waals surface area contributed by atoms with Crippen LogP contribution < -0.4 is 0 Å². The molecule has 0 aliphatic rings. The zero-order valence-corrected chi connectivity index (χ0v) is 14.9. The van der Waals surface area contributed by atoms with Crippen LogP contribution in [0.1, 0.15) is 25.1 Å². The zero-order chi connectivity index (χ0) is 18.2. The number of alkyl halides is 3. The van der Waals surface area contributed by atoms with Gasteiger partial charge in [0.05, 0.1) is 17.2 Å². The third-order valence-electron chi connectivity index (χ3n) is 3.89. The second-order valence-corrected chi connectivity index (χ2v) is 6.83. The Hall–Kier alpha value is -2.09. The molecular formula is C17H17F3N4S. The Kier molecular flexibility index (Phi) is 4.73. The van der Waals surface area contributed by atoms with Crippen molar-refractivity contribution < 1.29 is 13.2 Å². The molecular weight excluding hydrogens is 349 g/mol. The number of aryl methyl sites for hydroxylation is 2. The highest BCUT2D eigenvalue weighted by Gasteiger charge is 2.33. The molecule has 0 saturated carbocycles. The van der Waals surface area contributed by atoms with Crippen molar-refractivity contribution in [2.75, 3.05) is 5.75 Å². The van der Waals surface area contributed by atoms with Crippen molar-refractivity contribution in [2.24, 2.45) is 7.05 Å². The molecule has 0 radical (unpaired) electrons. The van der Waals surface area contributed by atoms with Crippen molar-refractivity contribution in [3.63, 3.8) is 0 Å². The number of pyridine rings is 2. The van der Waals surface area contributed by atoms with Crippen LogP contribution in [-0.2, 0) is 19.6 Å². The van der Waals surface area contributed by atoms with Gasteiger partial charge in [0.1, 0.15) is 11.4 Å². The first-order valence-electron chi connectivity index (χ1n) is 7.86. The van der Waals surface area contributed by atoms with Crippen LogP contribution in [0.4, 0.5) is 13.2 Å². The van der Waals surface area contributed by atoms with Crippen molar-refractivity contribution in [2.45, 2.75) is 31.3 Å². The van der Waals surface area contributed by atoms with Crippen LogP contribution in [0.25, 0.3) is 22.6 Å². The third-order valence-corrected chi connectivity index (χ3v) is 4.80. The summed E-state index contributed by atoms with van der Waals surface area (Å²) >= 11 is 1.64. The second kappa shape index (κ2) is 6.67. The van der Waals surface area contributed by atoms with E-state index in [2.05, 4.69) is 27.9 Å². The standard InChI is InChI=1S/C17H17F3N4S/c1-4-10-6-13(25-5-2)15(22-8-10)16-23-11-7-14(17(18,19)20)21-9-12(11)24(16)3/h6-9H,4-5H2,1-3H3. The molecule has 3 rings (SSSR count).